The standard InChI is InChI=1S/C14H16N2O4/c17-10-19-13-7-6-12-8-15(13)14(18)16(12)20-9-11-4-2-1-3-5-11/h1-5,10,12-13H,6-9H2/t12-,13?/m1/s1. The van der Waals surface area contributed by atoms with Gasteiger partial charge in [0.25, 0.3) is 6.47 Å². The highest BCUT2D eigenvalue weighted by Crippen LogP contribution is 2.30. The summed E-state index contributed by atoms with van der Waals surface area (Å²) in [6.45, 7) is 1.30. The number of carbonyl (C=O) groups excluding carboxylic acids is 2. The molecule has 2 saturated heterocycles. The SMILES string of the molecule is O=COC1CC[C@@H]2CN1C(=O)N2OCc1ccccc1. The van der Waals surface area contributed by atoms with Gasteiger partial charge in [-0.25, -0.2) is 4.79 Å². The van der Waals surface area contributed by atoms with Crippen LogP contribution in [0.15, 0.2) is 30.3 Å². The third-order valence-corrected chi connectivity index (χ3v) is 3.69. The molecule has 0 spiro atoms. The number of nitrogens with zero attached hydrogens (tertiary/aromatic N) is 2. The van der Waals surface area contributed by atoms with Crippen LogP contribution >= 0.6 is 0 Å². The average Bonchev–Trinajstić information content (AvgIpc) is 2.73. The van der Waals surface area contributed by atoms with E-state index in [9.17, 15) is 9.59 Å². The summed E-state index contributed by atoms with van der Waals surface area (Å²) in [5.41, 5.74) is 1.01. The second kappa shape index (κ2) is 5.50. The number of rotatable bonds is 5. The van der Waals surface area contributed by atoms with Crippen LogP contribution in [0.3, 0.4) is 0 Å². The van der Waals surface area contributed by atoms with Gasteiger partial charge >= 0.3 is 6.03 Å². The Hall–Kier alpha value is -2.08. The van der Waals surface area contributed by atoms with Crippen molar-refractivity contribution in [2.24, 2.45) is 0 Å². The van der Waals surface area contributed by atoms with Gasteiger partial charge in [0, 0.05) is 13.0 Å². The molecule has 0 aromatic heterocycles. The van der Waals surface area contributed by atoms with Crippen LogP contribution in [0.25, 0.3) is 0 Å². The number of urea groups is 1. The maximum Gasteiger partial charge on any atom is 0.347 e. The van der Waals surface area contributed by atoms with E-state index in [0.29, 0.717) is 26.0 Å². The van der Waals surface area contributed by atoms with Gasteiger partial charge in [0.05, 0.1) is 6.04 Å². The molecule has 106 valence electrons. The van der Waals surface area contributed by atoms with Gasteiger partial charge in [-0.2, -0.15) is 5.06 Å². The molecule has 20 heavy (non-hydrogen) atoms. The number of hydroxylamine groups is 2. The molecule has 1 unspecified atom stereocenters. The van der Waals surface area contributed by atoms with Gasteiger partial charge in [0.15, 0.2) is 6.23 Å². The van der Waals surface area contributed by atoms with Gasteiger partial charge < -0.3 is 4.74 Å². The first-order valence-corrected chi connectivity index (χ1v) is 6.65. The van der Waals surface area contributed by atoms with Gasteiger partial charge in [0.2, 0.25) is 0 Å². The number of piperidine rings is 1. The summed E-state index contributed by atoms with van der Waals surface area (Å²) in [7, 11) is 0. The minimum atomic E-state index is -0.457. The van der Waals surface area contributed by atoms with E-state index < -0.39 is 6.23 Å². The molecule has 2 atom stereocenters. The lowest BCUT2D eigenvalue weighted by Gasteiger charge is -2.28. The summed E-state index contributed by atoms with van der Waals surface area (Å²) in [5, 5.41) is 1.42. The molecule has 2 fully saturated rings. The molecule has 0 aliphatic carbocycles. The third-order valence-electron chi connectivity index (χ3n) is 3.69. The van der Waals surface area contributed by atoms with Crippen molar-refractivity contribution >= 4 is 12.5 Å². The van der Waals surface area contributed by atoms with Crippen LogP contribution in [0.2, 0.25) is 0 Å². The zero-order valence-electron chi connectivity index (χ0n) is 11.0. The molecule has 1 aromatic rings. The van der Waals surface area contributed by atoms with E-state index in [1.54, 1.807) is 4.90 Å². The fourth-order valence-corrected chi connectivity index (χ4v) is 2.69. The second-order valence-electron chi connectivity index (χ2n) is 4.94. The lowest BCUT2D eigenvalue weighted by molar-refractivity contribution is -0.143. The Balaban J connectivity index is 1.64. The van der Waals surface area contributed by atoms with Crippen LogP contribution in [-0.4, -0.2) is 41.3 Å². The monoisotopic (exact) mass is 276 g/mol. The highest BCUT2D eigenvalue weighted by molar-refractivity contribution is 5.76. The molecule has 3 rings (SSSR count). The maximum absolute atomic E-state index is 12.2. The Morgan fingerprint density at radius 3 is 2.80 bits per heavy atom. The van der Waals surface area contributed by atoms with Crippen molar-refractivity contribution in [3.63, 3.8) is 0 Å². The van der Waals surface area contributed by atoms with Crippen LogP contribution in [-0.2, 0) is 21.0 Å². The Labute approximate surface area is 116 Å². The summed E-state index contributed by atoms with van der Waals surface area (Å²) in [5.74, 6) is 0. The van der Waals surface area contributed by atoms with Crippen LogP contribution < -0.4 is 0 Å². The largest absolute Gasteiger partial charge is 0.444 e. The number of ether oxygens (including phenoxy) is 1. The van der Waals surface area contributed by atoms with Gasteiger partial charge in [-0.3, -0.25) is 14.5 Å². The second-order valence-corrected chi connectivity index (χ2v) is 4.94. The van der Waals surface area contributed by atoms with Crippen molar-refractivity contribution in [2.45, 2.75) is 31.7 Å². The van der Waals surface area contributed by atoms with E-state index in [4.69, 9.17) is 9.57 Å². The first-order chi connectivity index (χ1) is 9.79. The lowest BCUT2D eigenvalue weighted by atomic mass is 10.1. The summed E-state index contributed by atoms with van der Waals surface area (Å²) in [4.78, 5) is 29.9. The van der Waals surface area contributed by atoms with Crippen molar-refractivity contribution < 1.29 is 19.2 Å². The molecule has 0 radical (unpaired) electrons. The van der Waals surface area contributed by atoms with E-state index in [1.807, 2.05) is 30.3 Å². The Kier molecular flexibility index (Phi) is 3.56. The van der Waals surface area contributed by atoms with Crippen molar-refractivity contribution in [3.8, 4) is 0 Å². The van der Waals surface area contributed by atoms with Crippen molar-refractivity contribution in [2.75, 3.05) is 6.54 Å². The van der Waals surface area contributed by atoms with E-state index in [1.165, 1.54) is 5.06 Å². The Morgan fingerprint density at radius 2 is 2.05 bits per heavy atom. The topological polar surface area (TPSA) is 59.1 Å². The highest BCUT2D eigenvalue weighted by atomic mass is 16.7. The normalized spacial score (nSPS) is 24.9. The molecule has 0 N–H and O–H groups in total. The van der Waals surface area contributed by atoms with Gasteiger partial charge in [0.1, 0.15) is 6.61 Å². The van der Waals surface area contributed by atoms with E-state index >= 15 is 0 Å². The molecule has 2 aliphatic rings. The number of hydrogen-bond donors (Lipinski definition) is 0. The van der Waals surface area contributed by atoms with Crippen LogP contribution in [0, 0.1) is 0 Å². The van der Waals surface area contributed by atoms with Gasteiger partial charge in [-0.1, -0.05) is 30.3 Å². The van der Waals surface area contributed by atoms with Crippen molar-refractivity contribution in [3.05, 3.63) is 35.9 Å². The highest BCUT2D eigenvalue weighted by Gasteiger charge is 2.46. The average molecular weight is 276 g/mol. The molecule has 0 saturated carbocycles. The Morgan fingerprint density at radius 1 is 1.25 bits per heavy atom. The molecule has 2 bridgehead atoms. The molecule has 2 aliphatic heterocycles. The lowest BCUT2D eigenvalue weighted by Crippen LogP contribution is -2.41. The quantitative estimate of drug-likeness (QED) is 0.765. The molecule has 6 nitrogen and oxygen atoms in total. The molecule has 6 heteroatoms. The van der Waals surface area contributed by atoms with Crippen molar-refractivity contribution in [1.82, 2.24) is 9.96 Å². The molecular weight excluding hydrogens is 260 g/mol. The number of fused-ring (bicyclic) bond motifs is 2. The number of benzene rings is 1. The maximum atomic E-state index is 12.2. The fraction of sp³-hybridized carbons (Fsp3) is 0.429. The minimum Gasteiger partial charge on any atom is -0.444 e. The third kappa shape index (κ3) is 2.34. The van der Waals surface area contributed by atoms with Gasteiger partial charge in [-0.05, 0) is 12.0 Å². The summed E-state index contributed by atoms with van der Waals surface area (Å²) < 4.78 is 4.94. The number of carbonyl (C=O) groups is 2. The minimum absolute atomic E-state index is 0.0396. The molecule has 1 aromatic carbocycles. The summed E-state index contributed by atoms with van der Waals surface area (Å²) in [6, 6.07) is 9.51. The van der Waals surface area contributed by atoms with Gasteiger partial charge in [-0.15, -0.1) is 0 Å². The summed E-state index contributed by atoms with van der Waals surface area (Å²) >= 11 is 0. The first-order valence-electron chi connectivity index (χ1n) is 6.65. The van der Waals surface area contributed by atoms with Crippen LogP contribution in [0.4, 0.5) is 4.79 Å². The molecule has 2 heterocycles. The zero-order chi connectivity index (χ0) is 13.9. The molecule has 2 amide bonds. The molecular formula is C14H16N2O4. The van der Waals surface area contributed by atoms with Crippen LogP contribution in [0.5, 0.6) is 0 Å². The number of hydrogen-bond acceptors (Lipinski definition) is 4. The number of amides is 2. The predicted octanol–water partition coefficient (Wildman–Crippen LogP) is 1.52. The van der Waals surface area contributed by atoms with E-state index in [0.717, 1.165) is 12.0 Å². The fourth-order valence-electron chi connectivity index (χ4n) is 2.69. The first kappa shape index (κ1) is 12.9. The van der Waals surface area contributed by atoms with Crippen LogP contribution in [0.1, 0.15) is 18.4 Å². The summed E-state index contributed by atoms with van der Waals surface area (Å²) in [6.07, 6.45) is 0.970. The smallest absolute Gasteiger partial charge is 0.347 e. The van der Waals surface area contributed by atoms with E-state index in [2.05, 4.69) is 0 Å². The predicted molar refractivity (Wildman–Crippen MR) is 69.1 cm³/mol. The Bertz CT molecular complexity index is 493. The van der Waals surface area contributed by atoms with Crippen molar-refractivity contribution in [1.29, 1.82) is 0 Å². The van der Waals surface area contributed by atoms with E-state index in [-0.39, 0.29) is 12.1 Å². The zero-order valence-corrected chi connectivity index (χ0v) is 11.0.